The lowest BCUT2D eigenvalue weighted by Gasteiger charge is -2.44. The molecule has 0 bridgehead atoms. The SMILES string of the molecule is CCOc1cccc(N2CCOCC2(C)C)c1N. The quantitative estimate of drug-likeness (QED) is 0.836. The number of nitrogen functional groups attached to an aromatic ring is 1. The summed E-state index contributed by atoms with van der Waals surface area (Å²) in [6.45, 7) is 9.22. The lowest BCUT2D eigenvalue weighted by atomic mass is 10.0. The van der Waals surface area contributed by atoms with E-state index in [1.165, 1.54) is 0 Å². The first-order valence-electron chi connectivity index (χ1n) is 6.43. The number of morpholine rings is 1. The van der Waals surface area contributed by atoms with E-state index in [-0.39, 0.29) is 5.54 Å². The molecule has 2 N–H and O–H groups in total. The zero-order chi connectivity index (χ0) is 13.2. The Kier molecular flexibility index (Phi) is 3.66. The monoisotopic (exact) mass is 250 g/mol. The fourth-order valence-corrected chi connectivity index (χ4v) is 2.35. The van der Waals surface area contributed by atoms with Gasteiger partial charge < -0.3 is 20.1 Å². The van der Waals surface area contributed by atoms with Crippen LogP contribution in [0.2, 0.25) is 0 Å². The van der Waals surface area contributed by atoms with E-state index in [9.17, 15) is 0 Å². The highest BCUT2D eigenvalue weighted by molar-refractivity contribution is 5.75. The third-order valence-electron chi connectivity index (χ3n) is 3.28. The normalized spacial score (nSPS) is 18.7. The molecular weight excluding hydrogens is 228 g/mol. The van der Waals surface area contributed by atoms with Crippen molar-refractivity contribution in [2.24, 2.45) is 0 Å². The number of hydrogen-bond donors (Lipinski definition) is 1. The Morgan fingerprint density at radius 1 is 1.44 bits per heavy atom. The third kappa shape index (κ3) is 2.38. The van der Waals surface area contributed by atoms with Gasteiger partial charge in [0.2, 0.25) is 0 Å². The Hall–Kier alpha value is -1.42. The van der Waals surface area contributed by atoms with Gasteiger partial charge in [0.15, 0.2) is 0 Å². The molecule has 0 amide bonds. The molecule has 1 aliphatic heterocycles. The Morgan fingerprint density at radius 3 is 2.89 bits per heavy atom. The van der Waals surface area contributed by atoms with E-state index in [0.29, 0.717) is 18.9 Å². The molecule has 1 saturated heterocycles. The largest absolute Gasteiger partial charge is 0.492 e. The van der Waals surface area contributed by atoms with Crippen LogP contribution in [0.4, 0.5) is 11.4 Å². The summed E-state index contributed by atoms with van der Waals surface area (Å²) in [5, 5.41) is 0. The maximum Gasteiger partial charge on any atom is 0.144 e. The first-order valence-corrected chi connectivity index (χ1v) is 6.43. The molecule has 2 rings (SSSR count). The average molecular weight is 250 g/mol. The van der Waals surface area contributed by atoms with Gasteiger partial charge in [-0.25, -0.2) is 0 Å². The fraction of sp³-hybridized carbons (Fsp3) is 0.571. The summed E-state index contributed by atoms with van der Waals surface area (Å²) in [7, 11) is 0. The number of nitrogens with zero attached hydrogens (tertiary/aromatic N) is 1. The first-order chi connectivity index (χ1) is 8.56. The molecule has 0 saturated carbocycles. The van der Waals surface area contributed by atoms with Crippen LogP contribution in [0.25, 0.3) is 0 Å². The maximum absolute atomic E-state index is 6.21. The van der Waals surface area contributed by atoms with E-state index in [2.05, 4.69) is 18.7 Å². The van der Waals surface area contributed by atoms with Gasteiger partial charge >= 0.3 is 0 Å². The summed E-state index contributed by atoms with van der Waals surface area (Å²) in [5.41, 5.74) is 7.92. The molecule has 0 atom stereocenters. The molecule has 0 radical (unpaired) electrons. The predicted molar refractivity (Wildman–Crippen MR) is 74.3 cm³/mol. The van der Waals surface area contributed by atoms with Crippen LogP contribution in [-0.2, 0) is 4.74 Å². The lowest BCUT2D eigenvalue weighted by molar-refractivity contribution is 0.0644. The summed E-state index contributed by atoms with van der Waals surface area (Å²) in [6.07, 6.45) is 0. The molecule has 100 valence electrons. The standard InChI is InChI=1S/C14H22N2O2/c1-4-18-12-7-5-6-11(13(12)15)16-8-9-17-10-14(16,2)3/h5-7H,4,8-10,15H2,1-3H3. The van der Waals surface area contributed by atoms with Crippen LogP contribution < -0.4 is 15.4 Å². The number of rotatable bonds is 3. The average Bonchev–Trinajstić information content (AvgIpc) is 2.32. The van der Waals surface area contributed by atoms with Crippen LogP contribution in [0.5, 0.6) is 5.75 Å². The summed E-state index contributed by atoms with van der Waals surface area (Å²) in [4.78, 5) is 2.30. The molecule has 0 aromatic heterocycles. The number of hydrogen-bond acceptors (Lipinski definition) is 4. The Bertz CT molecular complexity index is 418. The van der Waals surface area contributed by atoms with Crippen LogP contribution in [-0.4, -0.2) is 31.9 Å². The minimum Gasteiger partial charge on any atom is -0.492 e. The van der Waals surface area contributed by atoms with Gasteiger partial charge in [-0.15, -0.1) is 0 Å². The number of anilines is 2. The van der Waals surface area contributed by atoms with Crippen molar-refractivity contribution in [1.29, 1.82) is 0 Å². The zero-order valence-electron chi connectivity index (χ0n) is 11.4. The molecule has 1 aromatic carbocycles. The second kappa shape index (κ2) is 5.06. The molecule has 0 unspecified atom stereocenters. The van der Waals surface area contributed by atoms with Crippen molar-refractivity contribution in [2.45, 2.75) is 26.3 Å². The fourth-order valence-electron chi connectivity index (χ4n) is 2.35. The van der Waals surface area contributed by atoms with Crippen LogP contribution in [0, 0.1) is 0 Å². The molecule has 18 heavy (non-hydrogen) atoms. The van der Waals surface area contributed by atoms with E-state index in [4.69, 9.17) is 15.2 Å². The number of para-hydroxylation sites is 1. The molecule has 1 aliphatic rings. The predicted octanol–water partition coefficient (Wildman–Crippen LogP) is 2.28. The Labute approximate surface area is 109 Å². The van der Waals surface area contributed by atoms with Crippen LogP contribution >= 0.6 is 0 Å². The summed E-state index contributed by atoms with van der Waals surface area (Å²) in [6, 6.07) is 5.95. The van der Waals surface area contributed by atoms with Gasteiger partial charge in [-0.2, -0.15) is 0 Å². The van der Waals surface area contributed by atoms with Crippen molar-refractivity contribution in [3.05, 3.63) is 18.2 Å². The molecule has 1 aromatic rings. The second-order valence-electron chi connectivity index (χ2n) is 5.14. The van der Waals surface area contributed by atoms with Crippen molar-refractivity contribution in [3.63, 3.8) is 0 Å². The summed E-state index contributed by atoms with van der Waals surface area (Å²) < 4.78 is 11.1. The van der Waals surface area contributed by atoms with Gasteiger partial charge in [-0.1, -0.05) is 6.07 Å². The van der Waals surface area contributed by atoms with Crippen molar-refractivity contribution >= 4 is 11.4 Å². The van der Waals surface area contributed by atoms with Gasteiger partial charge in [0.25, 0.3) is 0 Å². The van der Waals surface area contributed by atoms with Crippen LogP contribution in [0.1, 0.15) is 20.8 Å². The molecular formula is C14H22N2O2. The first kappa shape index (κ1) is 13.0. The number of benzene rings is 1. The Balaban J connectivity index is 2.35. The van der Waals surface area contributed by atoms with Crippen molar-refractivity contribution in [2.75, 3.05) is 37.0 Å². The van der Waals surface area contributed by atoms with Gasteiger partial charge in [-0.3, -0.25) is 0 Å². The topological polar surface area (TPSA) is 47.7 Å². The molecule has 1 heterocycles. The molecule has 4 nitrogen and oxygen atoms in total. The van der Waals surface area contributed by atoms with Crippen LogP contribution in [0.3, 0.4) is 0 Å². The minimum atomic E-state index is -0.0444. The molecule has 4 heteroatoms. The van der Waals surface area contributed by atoms with E-state index >= 15 is 0 Å². The van der Waals surface area contributed by atoms with Crippen molar-refractivity contribution < 1.29 is 9.47 Å². The number of ether oxygens (including phenoxy) is 2. The second-order valence-corrected chi connectivity index (χ2v) is 5.14. The van der Waals surface area contributed by atoms with Gasteiger partial charge in [0, 0.05) is 6.54 Å². The van der Waals surface area contributed by atoms with E-state index in [1.807, 2.05) is 25.1 Å². The van der Waals surface area contributed by atoms with Crippen molar-refractivity contribution in [3.8, 4) is 5.75 Å². The molecule has 0 aliphatic carbocycles. The van der Waals surface area contributed by atoms with Gasteiger partial charge in [0.05, 0.1) is 36.7 Å². The number of nitrogens with two attached hydrogens (primary N) is 1. The van der Waals surface area contributed by atoms with E-state index in [1.54, 1.807) is 0 Å². The van der Waals surface area contributed by atoms with Crippen molar-refractivity contribution in [1.82, 2.24) is 0 Å². The molecule has 0 spiro atoms. The zero-order valence-corrected chi connectivity index (χ0v) is 11.4. The minimum absolute atomic E-state index is 0.0444. The molecule has 1 fully saturated rings. The highest BCUT2D eigenvalue weighted by Crippen LogP contribution is 2.36. The summed E-state index contributed by atoms with van der Waals surface area (Å²) >= 11 is 0. The lowest BCUT2D eigenvalue weighted by Crippen LogP contribution is -2.53. The third-order valence-corrected chi connectivity index (χ3v) is 3.28. The smallest absolute Gasteiger partial charge is 0.144 e. The summed E-state index contributed by atoms with van der Waals surface area (Å²) in [5.74, 6) is 0.761. The highest BCUT2D eigenvalue weighted by Gasteiger charge is 2.32. The highest BCUT2D eigenvalue weighted by atomic mass is 16.5. The van der Waals surface area contributed by atoms with Gasteiger partial charge in [0.1, 0.15) is 5.75 Å². The Morgan fingerprint density at radius 2 is 2.22 bits per heavy atom. The van der Waals surface area contributed by atoms with Gasteiger partial charge in [-0.05, 0) is 32.9 Å². The van der Waals surface area contributed by atoms with Crippen LogP contribution in [0.15, 0.2) is 18.2 Å². The van der Waals surface area contributed by atoms with E-state index < -0.39 is 0 Å². The maximum atomic E-state index is 6.21. The van der Waals surface area contributed by atoms with E-state index in [0.717, 1.165) is 24.6 Å².